The van der Waals surface area contributed by atoms with Gasteiger partial charge in [-0.15, -0.1) is 0 Å². The molecule has 2 aromatic rings. The Labute approximate surface area is 132 Å². The van der Waals surface area contributed by atoms with Crippen LogP contribution >= 0.6 is 0 Å². The summed E-state index contributed by atoms with van der Waals surface area (Å²) in [5, 5.41) is 2.91. The number of hydrogen-bond acceptors (Lipinski definition) is 3. The van der Waals surface area contributed by atoms with E-state index in [2.05, 4.69) is 15.0 Å². The standard InChI is InChI=1S/C16H17F2N3O2/c1-22-13-7-8-14(23-15(17)18)11(9-13)10-20-16(19)21-12-5-3-2-4-6-12/h2-9,15H,10H2,1H3,(H3,19,20,21). The van der Waals surface area contributed by atoms with Crippen LogP contribution in [0.25, 0.3) is 0 Å². The molecular formula is C16H17F2N3O2. The molecule has 0 aromatic heterocycles. The Morgan fingerprint density at radius 2 is 1.96 bits per heavy atom. The highest BCUT2D eigenvalue weighted by atomic mass is 19.3. The van der Waals surface area contributed by atoms with E-state index in [4.69, 9.17) is 10.5 Å². The van der Waals surface area contributed by atoms with Crippen LogP contribution in [-0.4, -0.2) is 19.7 Å². The number of alkyl halides is 2. The van der Waals surface area contributed by atoms with Gasteiger partial charge in [0, 0.05) is 11.3 Å². The van der Waals surface area contributed by atoms with Crippen molar-refractivity contribution < 1.29 is 18.3 Å². The summed E-state index contributed by atoms with van der Waals surface area (Å²) >= 11 is 0. The molecule has 0 heterocycles. The number of halogens is 2. The zero-order valence-corrected chi connectivity index (χ0v) is 12.5. The van der Waals surface area contributed by atoms with E-state index in [-0.39, 0.29) is 18.3 Å². The largest absolute Gasteiger partial charge is 0.497 e. The molecule has 0 saturated heterocycles. The lowest BCUT2D eigenvalue weighted by Gasteiger charge is -2.11. The molecule has 0 atom stereocenters. The molecule has 2 rings (SSSR count). The van der Waals surface area contributed by atoms with E-state index in [1.165, 1.54) is 19.2 Å². The van der Waals surface area contributed by atoms with E-state index in [9.17, 15) is 8.78 Å². The number of nitrogens with two attached hydrogens (primary N) is 1. The number of guanidine groups is 1. The summed E-state index contributed by atoms with van der Waals surface area (Å²) in [7, 11) is 1.49. The second-order valence-corrected chi connectivity index (χ2v) is 4.54. The quantitative estimate of drug-likeness (QED) is 0.633. The van der Waals surface area contributed by atoms with Gasteiger partial charge in [0.1, 0.15) is 11.5 Å². The monoisotopic (exact) mass is 321 g/mol. The Morgan fingerprint density at radius 3 is 2.61 bits per heavy atom. The molecule has 0 aliphatic carbocycles. The smallest absolute Gasteiger partial charge is 0.387 e. The maximum atomic E-state index is 12.4. The fourth-order valence-electron chi connectivity index (χ4n) is 1.90. The van der Waals surface area contributed by atoms with Crippen LogP contribution in [0.1, 0.15) is 5.56 Å². The van der Waals surface area contributed by atoms with Gasteiger partial charge in [-0.2, -0.15) is 8.78 Å². The number of methoxy groups -OCH3 is 1. The normalized spacial score (nSPS) is 11.4. The van der Waals surface area contributed by atoms with Crippen molar-refractivity contribution in [1.29, 1.82) is 0 Å². The molecule has 2 aromatic carbocycles. The fraction of sp³-hybridized carbons (Fsp3) is 0.188. The van der Waals surface area contributed by atoms with E-state index in [1.807, 2.05) is 30.3 Å². The molecule has 0 aliphatic heterocycles. The van der Waals surface area contributed by atoms with Gasteiger partial charge in [0.05, 0.1) is 13.7 Å². The topological polar surface area (TPSA) is 68.9 Å². The summed E-state index contributed by atoms with van der Waals surface area (Å²) in [6.45, 7) is -2.84. The van der Waals surface area contributed by atoms with E-state index in [0.717, 1.165) is 5.69 Å². The van der Waals surface area contributed by atoms with Gasteiger partial charge in [0.2, 0.25) is 0 Å². The Kier molecular flexibility index (Phi) is 5.74. The van der Waals surface area contributed by atoms with Crippen LogP contribution in [-0.2, 0) is 6.54 Å². The third-order valence-electron chi connectivity index (χ3n) is 2.95. The molecule has 0 unspecified atom stereocenters. The predicted octanol–water partition coefficient (Wildman–Crippen LogP) is 3.22. The number of anilines is 1. The summed E-state index contributed by atoms with van der Waals surface area (Å²) in [4.78, 5) is 4.14. The van der Waals surface area contributed by atoms with Crippen molar-refractivity contribution in [2.24, 2.45) is 10.7 Å². The molecule has 0 fully saturated rings. The van der Waals surface area contributed by atoms with Gasteiger partial charge in [-0.1, -0.05) is 18.2 Å². The third kappa shape index (κ3) is 5.14. The lowest BCUT2D eigenvalue weighted by atomic mass is 10.2. The second-order valence-electron chi connectivity index (χ2n) is 4.54. The number of nitrogens with one attached hydrogen (secondary N) is 1. The molecule has 0 amide bonds. The van der Waals surface area contributed by atoms with E-state index in [1.54, 1.807) is 6.07 Å². The molecular weight excluding hydrogens is 304 g/mol. The average molecular weight is 321 g/mol. The van der Waals surface area contributed by atoms with Crippen LogP contribution in [0.5, 0.6) is 11.5 Å². The van der Waals surface area contributed by atoms with Crippen molar-refractivity contribution in [2.45, 2.75) is 13.2 Å². The lowest BCUT2D eigenvalue weighted by Crippen LogP contribution is -2.22. The Bertz CT molecular complexity index is 664. The highest BCUT2D eigenvalue weighted by molar-refractivity contribution is 5.92. The molecule has 23 heavy (non-hydrogen) atoms. The number of hydrogen-bond donors (Lipinski definition) is 2. The Morgan fingerprint density at radius 1 is 1.22 bits per heavy atom. The first-order valence-electron chi connectivity index (χ1n) is 6.82. The zero-order valence-electron chi connectivity index (χ0n) is 12.5. The number of aliphatic imine (C=N–C) groups is 1. The van der Waals surface area contributed by atoms with Crippen LogP contribution in [0.15, 0.2) is 53.5 Å². The summed E-state index contributed by atoms with van der Waals surface area (Å²) in [6.07, 6.45) is 0. The maximum Gasteiger partial charge on any atom is 0.387 e. The summed E-state index contributed by atoms with van der Waals surface area (Å²) in [5.41, 5.74) is 7.02. The fourth-order valence-corrected chi connectivity index (χ4v) is 1.90. The third-order valence-corrected chi connectivity index (χ3v) is 2.95. The molecule has 122 valence electrons. The van der Waals surface area contributed by atoms with Crippen molar-refractivity contribution in [1.82, 2.24) is 0 Å². The predicted molar refractivity (Wildman–Crippen MR) is 85.0 cm³/mol. The number of nitrogens with zero attached hydrogens (tertiary/aromatic N) is 1. The molecule has 0 saturated carbocycles. The molecule has 5 nitrogen and oxygen atoms in total. The first-order chi connectivity index (χ1) is 11.1. The molecule has 0 bridgehead atoms. The molecule has 3 N–H and O–H groups in total. The number of rotatable bonds is 6. The van der Waals surface area contributed by atoms with Crippen molar-refractivity contribution in [3.8, 4) is 11.5 Å². The Balaban J connectivity index is 2.12. The number of benzene rings is 2. The van der Waals surface area contributed by atoms with Crippen molar-refractivity contribution in [3.63, 3.8) is 0 Å². The average Bonchev–Trinajstić information content (AvgIpc) is 2.54. The van der Waals surface area contributed by atoms with E-state index >= 15 is 0 Å². The Hall–Kier alpha value is -2.83. The molecule has 0 aliphatic rings. The highest BCUT2D eigenvalue weighted by Gasteiger charge is 2.11. The summed E-state index contributed by atoms with van der Waals surface area (Å²) in [5.74, 6) is 0.727. The molecule has 0 radical (unpaired) electrons. The SMILES string of the molecule is COc1ccc(OC(F)F)c(CN=C(N)Nc2ccccc2)c1. The van der Waals surface area contributed by atoms with Gasteiger partial charge in [-0.25, -0.2) is 4.99 Å². The van der Waals surface area contributed by atoms with Crippen LogP contribution in [0.3, 0.4) is 0 Å². The first-order valence-corrected chi connectivity index (χ1v) is 6.82. The van der Waals surface area contributed by atoms with Crippen molar-refractivity contribution in [3.05, 3.63) is 54.1 Å². The summed E-state index contributed by atoms with van der Waals surface area (Å²) in [6, 6.07) is 13.8. The van der Waals surface area contributed by atoms with E-state index < -0.39 is 6.61 Å². The van der Waals surface area contributed by atoms with Gasteiger partial charge in [-0.3, -0.25) is 0 Å². The first kappa shape index (κ1) is 16.5. The van der Waals surface area contributed by atoms with Gasteiger partial charge >= 0.3 is 6.61 Å². The van der Waals surface area contributed by atoms with Gasteiger partial charge in [0.25, 0.3) is 0 Å². The minimum atomic E-state index is -2.91. The van der Waals surface area contributed by atoms with Gasteiger partial charge in [0.15, 0.2) is 5.96 Å². The van der Waals surface area contributed by atoms with E-state index in [0.29, 0.717) is 11.3 Å². The second kappa shape index (κ2) is 7.98. The lowest BCUT2D eigenvalue weighted by molar-refractivity contribution is -0.0504. The summed E-state index contributed by atoms with van der Waals surface area (Å²) < 4.78 is 34.4. The van der Waals surface area contributed by atoms with Gasteiger partial charge < -0.3 is 20.5 Å². The number of ether oxygens (including phenoxy) is 2. The molecule has 7 heteroatoms. The van der Waals surface area contributed by atoms with Gasteiger partial charge in [-0.05, 0) is 30.3 Å². The maximum absolute atomic E-state index is 12.4. The minimum absolute atomic E-state index is 0.0389. The minimum Gasteiger partial charge on any atom is -0.497 e. The number of para-hydroxylation sites is 1. The van der Waals surface area contributed by atoms with Crippen LogP contribution in [0.4, 0.5) is 14.5 Å². The van der Waals surface area contributed by atoms with Crippen LogP contribution in [0.2, 0.25) is 0 Å². The van der Waals surface area contributed by atoms with Crippen molar-refractivity contribution in [2.75, 3.05) is 12.4 Å². The zero-order chi connectivity index (χ0) is 16.7. The highest BCUT2D eigenvalue weighted by Crippen LogP contribution is 2.26. The molecule has 0 spiro atoms. The van der Waals surface area contributed by atoms with Crippen molar-refractivity contribution >= 4 is 11.6 Å². The van der Waals surface area contributed by atoms with Crippen LogP contribution in [0, 0.1) is 0 Å². The van der Waals surface area contributed by atoms with Crippen LogP contribution < -0.4 is 20.5 Å².